The summed E-state index contributed by atoms with van der Waals surface area (Å²) in [7, 11) is 1.68. The van der Waals surface area contributed by atoms with Crippen LogP contribution in [0.3, 0.4) is 0 Å². The Morgan fingerprint density at radius 3 is 1.01 bits per heavy atom. The van der Waals surface area contributed by atoms with Gasteiger partial charge in [-0.25, -0.2) is 0 Å². The lowest BCUT2D eigenvalue weighted by Crippen LogP contribution is -2.34. The molecule has 0 aliphatic rings. The second-order valence-corrected chi connectivity index (χ2v) is 22.0. The number of aliphatic hydroxyl groups is 3. The summed E-state index contributed by atoms with van der Waals surface area (Å²) in [5.74, 6) is -2.18. The third kappa shape index (κ3) is 47.3. The summed E-state index contributed by atoms with van der Waals surface area (Å²) >= 11 is 0. The van der Waals surface area contributed by atoms with Crippen molar-refractivity contribution in [2.75, 3.05) is 26.8 Å². The van der Waals surface area contributed by atoms with Crippen LogP contribution in [-0.2, 0) is 57.2 Å². The number of hydrogen-bond donors (Lipinski definition) is 4. The fraction of sp³-hybridized carbons (Fsp3) is 0.818. The molecule has 0 bridgehead atoms. The molecule has 0 heterocycles. The van der Waals surface area contributed by atoms with Gasteiger partial charge in [-0.1, -0.05) is 167 Å². The summed E-state index contributed by atoms with van der Waals surface area (Å²) in [6.07, 6.45) is 36.7. The number of nitrogens with one attached hydrogen (secondary N) is 1. The minimum atomic E-state index is -0.919. The molecule has 0 aliphatic heterocycles. The zero-order chi connectivity index (χ0) is 60.7. The maximum Gasteiger partial charge on any atom is 0.320 e. The van der Waals surface area contributed by atoms with Crippen molar-refractivity contribution in [1.82, 2.24) is 5.32 Å². The van der Waals surface area contributed by atoms with Crippen LogP contribution in [0.5, 0.6) is 0 Å². The van der Waals surface area contributed by atoms with Gasteiger partial charge in [0.05, 0.1) is 24.9 Å². The molecular formula is C66H117NO15. The van der Waals surface area contributed by atoms with Gasteiger partial charge < -0.3 is 49.1 Å². The highest BCUT2D eigenvalue weighted by molar-refractivity contribution is 5.72. The molecule has 0 fully saturated rings. The van der Waals surface area contributed by atoms with Crippen molar-refractivity contribution in [2.24, 2.45) is 0 Å². The zero-order valence-corrected chi connectivity index (χ0v) is 52.2. The standard InChI is InChI=1S/C66H117NO15/c1-7-12-33-45-58(80-61(71)10-4)55(68)42-36-27-21-15-18-24-30-39-48-63(73)77-52-54(79-65(75)50-41-32-26-20-17-23-28-37-43-56(69)59(46-34-13-8-2)81-62(72)11-5)53-78-64(74)49-40-31-25-19-16-22-29-38-44-57(70)60(47-35-14-9-3)82-66(76)51-67-6/h27-29,36-38,54-60,67-70H,7-26,30-35,39-53H2,1-6H3. The first-order valence-corrected chi connectivity index (χ1v) is 32.5. The monoisotopic (exact) mass is 1160 g/mol. The Balaban J connectivity index is 4.94. The van der Waals surface area contributed by atoms with Gasteiger partial charge in [0.15, 0.2) is 6.10 Å². The Labute approximate surface area is 496 Å². The average Bonchev–Trinajstić information content (AvgIpc) is 3.46. The van der Waals surface area contributed by atoms with Crippen molar-refractivity contribution in [3.8, 4) is 0 Å². The number of unbranched alkanes of at least 4 members (excludes halogenated alkanes) is 21. The fourth-order valence-corrected chi connectivity index (χ4v) is 9.21. The van der Waals surface area contributed by atoms with E-state index in [-0.39, 0.29) is 69.8 Å². The number of hydrogen-bond acceptors (Lipinski definition) is 16. The first kappa shape index (κ1) is 77.9. The second-order valence-electron chi connectivity index (χ2n) is 22.0. The minimum Gasteiger partial charge on any atom is -0.462 e. The third-order valence-electron chi connectivity index (χ3n) is 14.4. The molecule has 0 rings (SSSR count). The molecule has 16 nitrogen and oxygen atoms in total. The lowest BCUT2D eigenvalue weighted by Gasteiger charge is -2.22. The first-order chi connectivity index (χ1) is 39.7. The predicted molar refractivity (Wildman–Crippen MR) is 325 cm³/mol. The molecule has 0 spiro atoms. The van der Waals surface area contributed by atoms with Gasteiger partial charge in [0.2, 0.25) is 0 Å². The predicted octanol–water partition coefficient (Wildman–Crippen LogP) is 13.6. The normalized spacial score (nSPS) is 14.3. The Bertz CT molecular complexity index is 1690. The molecule has 0 aliphatic carbocycles. The number of carbonyl (C=O) groups is 6. The van der Waals surface area contributed by atoms with Gasteiger partial charge in [-0.15, -0.1) is 0 Å². The van der Waals surface area contributed by atoms with E-state index in [1.807, 2.05) is 18.2 Å². The SMILES string of the molecule is CCCCCC(OC(=O)CC)C(O)CC=CCCCCCCCC(=O)OCC(COC(=O)CCCCCCCC=CCC(O)C(CCCCC)OC(=O)CNC)OC(=O)CCCCCCCC=CCC(O)C(CCCCC)OC(=O)CC. The number of ether oxygens (including phenoxy) is 6. The Hall–Kier alpha value is -4.12. The van der Waals surface area contributed by atoms with Crippen LogP contribution in [0.1, 0.15) is 279 Å². The summed E-state index contributed by atoms with van der Waals surface area (Å²) in [6.45, 7) is 9.54. The van der Waals surface area contributed by atoms with Crippen LogP contribution in [0.4, 0.5) is 0 Å². The van der Waals surface area contributed by atoms with Gasteiger partial charge >= 0.3 is 35.8 Å². The maximum absolute atomic E-state index is 13.0. The van der Waals surface area contributed by atoms with E-state index >= 15 is 0 Å². The van der Waals surface area contributed by atoms with Crippen molar-refractivity contribution in [3.05, 3.63) is 36.5 Å². The van der Waals surface area contributed by atoms with Gasteiger partial charge in [-0.3, -0.25) is 28.8 Å². The van der Waals surface area contributed by atoms with Crippen LogP contribution < -0.4 is 5.32 Å². The third-order valence-corrected chi connectivity index (χ3v) is 14.4. The van der Waals surface area contributed by atoms with E-state index in [2.05, 4.69) is 44.3 Å². The molecule has 0 saturated heterocycles. The second kappa shape index (κ2) is 56.0. The molecule has 16 heteroatoms. The molecular weight excluding hydrogens is 1050 g/mol. The van der Waals surface area contributed by atoms with Gasteiger partial charge in [-0.05, 0) is 123 Å². The topological polar surface area (TPSA) is 231 Å². The van der Waals surface area contributed by atoms with E-state index in [0.717, 1.165) is 154 Å². The summed E-state index contributed by atoms with van der Waals surface area (Å²) < 4.78 is 33.4. The van der Waals surface area contributed by atoms with E-state index < -0.39 is 60.6 Å². The van der Waals surface area contributed by atoms with Gasteiger partial charge in [-0.2, -0.15) is 0 Å². The number of likely N-dealkylation sites (N-methyl/N-ethyl adjacent to an activating group) is 1. The van der Waals surface area contributed by atoms with Crippen molar-refractivity contribution in [1.29, 1.82) is 0 Å². The highest BCUT2D eigenvalue weighted by atomic mass is 16.6. The molecule has 0 aromatic heterocycles. The molecule has 0 aromatic carbocycles. The molecule has 4 N–H and O–H groups in total. The number of carbonyl (C=O) groups excluding carboxylic acids is 6. The van der Waals surface area contributed by atoms with Crippen molar-refractivity contribution >= 4 is 35.8 Å². The molecule has 7 unspecified atom stereocenters. The Morgan fingerprint density at radius 2 is 0.683 bits per heavy atom. The quantitative estimate of drug-likeness (QED) is 0.0192. The molecule has 0 aromatic rings. The van der Waals surface area contributed by atoms with E-state index in [1.165, 1.54) is 0 Å². The van der Waals surface area contributed by atoms with Crippen LogP contribution in [0.2, 0.25) is 0 Å². The number of rotatable bonds is 57. The number of esters is 6. The maximum atomic E-state index is 13.0. The summed E-state index contributed by atoms with van der Waals surface area (Å²) in [6, 6.07) is 0. The van der Waals surface area contributed by atoms with Gasteiger partial charge in [0, 0.05) is 32.1 Å². The molecule has 82 heavy (non-hydrogen) atoms. The van der Waals surface area contributed by atoms with Crippen molar-refractivity contribution < 1.29 is 72.5 Å². The Kier molecular flexibility index (Phi) is 53.2. The van der Waals surface area contributed by atoms with Crippen LogP contribution in [0, 0.1) is 0 Å². The Morgan fingerprint density at radius 1 is 0.366 bits per heavy atom. The number of allylic oxidation sites excluding steroid dienone is 3. The highest BCUT2D eigenvalue weighted by Gasteiger charge is 2.25. The van der Waals surface area contributed by atoms with E-state index in [1.54, 1.807) is 20.9 Å². The van der Waals surface area contributed by atoms with Crippen LogP contribution in [0.15, 0.2) is 36.5 Å². The largest absolute Gasteiger partial charge is 0.462 e. The summed E-state index contributed by atoms with van der Waals surface area (Å²) in [4.78, 5) is 74.4. The lowest BCUT2D eigenvalue weighted by molar-refractivity contribution is -0.167. The van der Waals surface area contributed by atoms with Gasteiger partial charge in [0.25, 0.3) is 0 Å². The lowest BCUT2D eigenvalue weighted by atomic mass is 10.0. The fourth-order valence-electron chi connectivity index (χ4n) is 9.21. The molecule has 0 radical (unpaired) electrons. The molecule has 0 saturated carbocycles. The van der Waals surface area contributed by atoms with E-state index in [9.17, 15) is 44.1 Å². The van der Waals surface area contributed by atoms with Gasteiger partial charge in [0.1, 0.15) is 31.5 Å². The van der Waals surface area contributed by atoms with Crippen LogP contribution in [-0.4, -0.2) is 121 Å². The molecule has 7 atom stereocenters. The first-order valence-electron chi connectivity index (χ1n) is 32.5. The van der Waals surface area contributed by atoms with Crippen molar-refractivity contribution in [2.45, 2.75) is 321 Å². The van der Waals surface area contributed by atoms with E-state index in [0.29, 0.717) is 57.8 Å². The van der Waals surface area contributed by atoms with E-state index in [4.69, 9.17) is 28.4 Å². The average molecular weight is 1160 g/mol. The molecule has 476 valence electrons. The van der Waals surface area contributed by atoms with Crippen LogP contribution >= 0.6 is 0 Å². The van der Waals surface area contributed by atoms with Crippen molar-refractivity contribution in [3.63, 3.8) is 0 Å². The molecule has 0 amide bonds. The minimum absolute atomic E-state index is 0.106. The zero-order valence-electron chi connectivity index (χ0n) is 52.2. The number of aliphatic hydroxyl groups excluding tert-OH is 3. The smallest absolute Gasteiger partial charge is 0.320 e. The summed E-state index contributed by atoms with van der Waals surface area (Å²) in [5, 5.41) is 34.9. The van der Waals surface area contributed by atoms with Crippen LogP contribution in [0.25, 0.3) is 0 Å². The highest BCUT2D eigenvalue weighted by Crippen LogP contribution is 2.19. The summed E-state index contributed by atoms with van der Waals surface area (Å²) in [5.41, 5.74) is 0.